The quantitative estimate of drug-likeness (QED) is 0.689. The van der Waals surface area contributed by atoms with Crippen LogP contribution in [0.3, 0.4) is 0 Å². The number of nitrogens with zero attached hydrogens (tertiary/aromatic N) is 1. The molecule has 3 nitrogen and oxygen atoms in total. The van der Waals surface area contributed by atoms with Gasteiger partial charge in [0.1, 0.15) is 18.1 Å². The first-order chi connectivity index (χ1) is 10.7. The van der Waals surface area contributed by atoms with Crippen molar-refractivity contribution in [3.8, 4) is 11.5 Å². The smallest absolute Gasteiger partial charge is 0.123 e. The highest BCUT2D eigenvalue weighted by Crippen LogP contribution is 2.25. The molecule has 0 aliphatic carbocycles. The minimum atomic E-state index is 0.555. The fraction of sp³-hybridized carbons (Fsp3) is 0.263. The number of benzene rings is 2. The van der Waals surface area contributed by atoms with Crippen molar-refractivity contribution in [1.29, 1.82) is 0 Å². The summed E-state index contributed by atoms with van der Waals surface area (Å²) >= 11 is 0. The number of fused-ring (bicyclic) bond motifs is 1. The van der Waals surface area contributed by atoms with E-state index in [1.807, 2.05) is 24.3 Å². The summed E-state index contributed by atoms with van der Waals surface area (Å²) in [6, 6.07) is 14.3. The zero-order chi connectivity index (χ0) is 15.5. The molecule has 0 N–H and O–H groups in total. The average Bonchev–Trinajstić information content (AvgIpc) is 2.90. The van der Waals surface area contributed by atoms with Crippen molar-refractivity contribution in [3.63, 3.8) is 0 Å². The highest BCUT2D eigenvalue weighted by Gasteiger charge is 2.09. The molecule has 0 aliphatic heterocycles. The van der Waals surface area contributed by atoms with Crippen molar-refractivity contribution in [2.24, 2.45) is 0 Å². The highest BCUT2D eigenvalue weighted by atomic mass is 16.5. The second-order valence-electron chi connectivity index (χ2n) is 5.43. The van der Waals surface area contributed by atoms with E-state index < -0.39 is 0 Å². The largest absolute Gasteiger partial charge is 0.497 e. The lowest BCUT2D eigenvalue weighted by atomic mass is 10.1. The lowest BCUT2D eigenvalue weighted by molar-refractivity contribution is 0.304. The first-order valence-corrected chi connectivity index (χ1v) is 7.56. The second-order valence-corrected chi connectivity index (χ2v) is 5.43. The molecule has 0 bridgehead atoms. The topological polar surface area (TPSA) is 23.4 Å². The molecule has 22 heavy (non-hydrogen) atoms. The number of aryl methyl sites for hydroxylation is 2. The number of methoxy groups -OCH3 is 1. The number of hydrogen-bond acceptors (Lipinski definition) is 2. The molecule has 0 spiro atoms. The predicted octanol–water partition coefficient (Wildman–Crippen LogP) is 4.56. The van der Waals surface area contributed by atoms with Gasteiger partial charge in [0.05, 0.1) is 7.11 Å². The molecule has 114 valence electrons. The van der Waals surface area contributed by atoms with Crippen molar-refractivity contribution in [2.45, 2.75) is 27.0 Å². The molecule has 0 amide bonds. The van der Waals surface area contributed by atoms with Crippen molar-refractivity contribution >= 4 is 10.9 Å². The number of aromatic nitrogens is 1. The third-order valence-corrected chi connectivity index (χ3v) is 3.90. The summed E-state index contributed by atoms with van der Waals surface area (Å²) in [4.78, 5) is 0. The van der Waals surface area contributed by atoms with E-state index in [2.05, 4.69) is 42.8 Å². The Balaban J connectivity index is 1.87. The molecule has 1 aromatic heterocycles. The Bertz CT molecular complexity index is 789. The van der Waals surface area contributed by atoms with Crippen molar-refractivity contribution in [1.82, 2.24) is 4.57 Å². The van der Waals surface area contributed by atoms with Gasteiger partial charge in [-0.15, -0.1) is 0 Å². The van der Waals surface area contributed by atoms with Crippen LogP contribution in [-0.2, 0) is 13.2 Å². The molecule has 0 saturated carbocycles. The van der Waals surface area contributed by atoms with Crippen LogP contribution < -0.4 is 9.47 Å². The molecule has 1 heterocycles. The molecule has 3 aromatic rings. The van der Waals surface area contributed by atoms with Crippen molar-refractivity contribution in [2.75, 3.05) is 7.11 Å². The molecule has 0 saturated heterocycles. The maximum atomic E-state index is 5.94. The Labute approximate surface area is 131 Å². The van der Waals surface area contributed by atoms with Crippen molar-refractivity contribution in [3.05, 3.63) is 59.8 Å². The second kappa shape index (κ2) is 6.14. The van der Waals surface area contributed by atoms with E-state index in [9.17, 15) is 0 Å². The zero-order valence-corrected chi connectivity index (χ0v) is 13.3. The predicted molar refractivity (Wildman–Crippen MR) is 89.7 cm³/mol. The first-order valence-electron chi connectivity index (χ1n) is 7.56. The van der Waals surface area contributed by atoms with E-state index in [1.54, 1.807) is 7.11 Å². The Kier molecular flexibility index (Phi) is 4.05. The molecule has 0 radical (unpaired) electrons. The van der Waals surface area contributed by atoms with E-state index in [1.165, 1.54) is 22.0 Å². The average molecular weight is 295 g/mol. The van der Waals surface area contributed by atoms with Gasteiger partial charge in [-0.05, 0) is 37.6 Å². The summed E-state index contributed by atoms with van der Waals surface area (Å²) in [7, 11) is 1.66. The van der Waals surface area contributed by atoms with Crippen LogP contribution in [0, 0.1) is 6.92 Å². The molecule has 0 atom stereocenters. The molecule has 0 aliphatic rings. The van der Waals surface area contributed by atoms with Gasteiger partial charge < -0.3 is 14.0 Å². The molecule has 3 heteroatoms. The SMILES string of the molecule is CCn1cc(COc2cccc(OC)c2)c2ccc(C)cc21. The third-order valence-electron chi connectivity index (χ3n) is 3.90. The van der Waals surface area contributed by atoms with Gasteiger partial charge in [-0.25, -0.2) is 0 Å². The fourth-order valence-electron chi connectivity index (χ4n) is 2.71. The summed E-state index contributed by atoms with van der Waals surface area (Å²) < 4.78 is 13.4. The molecular weight excluding hydrogens is 274 g/mol. The zero-order valence-electron chi connectivity index (χ0n) is 13.3. The molecule has 3 rings (SSSR count). The van der Waals surface area contributed by atoms with Gasteiger partial charge in [-0.2, -0.15) is 0 Å². The van der Waals surface area contributed by atoms with Crippen LogP contribution in [0.4, 0.5) is 0 Å². The Morgan fingerprint density at radius 3 is 2.64 bits per heavy atom. The lowest BCUT2D eigenvalue weighted by Gasteiger charge is -2.07. The third kappa shape index (κ3) is 2.80. The van der Waals surface area contributed by atoms with Gasteiger partial charge >= 0.3 is 0 Å². The number of ether oxygens (including phenoxy) is 2. The van der Waals surface area contributed by atoms with Crippen LogP contribution in [0.1, 0.15) is 18.1 Å². The van der Waals surface area contributed by atoms with E-state index >= 15 is 0 Å². The van der Waals surface area contributed by atoms with E-state index in [4.69, 9.17) is 9.47 Å². The van der Waals surface area contributed by atoms with Crippen LogP contribution in [0.2, 0.25) is 0 Å². The van der Waals surface area contributed by atoms with E-state index in [0.29, 0.717) is 6.61 Å². The number of rotatable bonds is 5. The van der Waals surface area contributed by atoms with Gasteiger partial charge in [0.25, 0.3) is 0 Å². The van der Waals surface area contributed by atoms with E-state index in [0.717, 1.165) is 18.0 Å². The number of hydrogen-bond donors (Lipinski definition) is 0. The monoisotopic (exact) mass is 295 g/mol. The first kappa shape index (κ1) is 14.5. The molecule has 2 aromatic carbocycles. The summed E-state index contributed by atoms with van der Waals surface area (Å²) in [5.41, 5.74) is 3.76. The van der Waals surface area contributed by atoms with Crippen molar-refractivity contribution < 1.29 is 9.47 Å². The van der Waals surface area contributed by atoms with Crippen LogP contribution in [0.25, 0.3) is 10.9 Å². The summed E-state index contributed by atoms with van der Waals surface area (Å²) in [6.07, 6.45) is 2.18. The van der Waals surface area contributed by atoms with Gasteiger partial charge in [0.15, 0.2) is 0 Å². The van der Waals surface area contributed by atoms with E-state index in [-0.39, 0.29) is 0 Å². The highest BCUT2D eigenvalue weighted by molar-refractivity contribution is 5.84. The van der Waals surface area contributed by atoms with Gasteiger partial charge in [-0.1, -0.05) is 18.2 Å². The summed E-state index contributed by atoms with van der Waals surface area (Å²) in [5, 5.41) is 1.26. The minimum absolute atomic E-state index is 0.555. The lowest BCUT2D eigenvalue weighted by Crippen LogP contribution is -1.95. The van der Waals surface area contributed by atoms with Crippen LogP contribution in [0.5, 0.6) is 11.5 Å². The Morgan fingerprint density at radius 1 is 1.05 bits per heavy atom. The molecule has 0 fully saturated rings. The normalized spacial score (nSPS) is 10.9. The standard InChI is InChI=1S/C19H21NO2/c1-4-20-12-15(18-9-8-14(2)10-19(18)20)13-22-17-7-5-6-16(11-17)21-3/h5-12H,4,13H2,1-3H3. The molecule has 0 unspecified atom stereocenters. The van der Waals surface area contributed by atoms with Gasteiger partial charge in [0.2, 0.25) is 0 Å². The maximum absolute atomic E-state index is 5.94. The summed E-state index contributed by atoms with van der Waals surface area (Å²) in [5.74, 6) is 1.63. The molecular formula is C19H21NO2. The van der Waals surface area contributed by atoms with Crippen LogP contribution in [0.15, 0.2) is 48.7 Å². The maximum Gasteiger partial charge on any atom is 0.123 e. The Hall–Kier alpha value is -2.42. The summed E-state index contributed by atoms with van der Waals surface area (Å²) in [6.45, 7) is 5.80. The van der Waals surface area contributed by atoms with Crippen LogP contribution in [-0.4, -0.2) is 11.7 Å². The fourth-order valence-corrected chi connectivity index (χ4v) is 2.71. The Morgan fingerprint density at radius 2 is 1.86 bits per heavy atom. The van der Waals surface area contributed by atoms with Gasteiger partial charge in [-0.3, -0.25) is 0 Å². The van der Waals surface area contributed by atoms with Crippen LogP contribution >= 0.6 is 0 Å². The van der Waals surface area contributed by atoms with Gasteiger partial charge in [0, 0.05) is 35.3 Å². The minimum Gasteiger partial charge on any atom is -0.497 e.